The molecule has 0 spiro atoms. The number of H-pyrrole nitrogens is 2. The first kappa shape index (κ1) is 12.6. The summed E-state index contributed by atoms with van der Waals surface area (Å²) in [6.07, 6.45) is 5.47. The van der Waals surface area contributed by atoms with E-state index in [9.17, 15) is 9.59 Å². The van der Waals surface area contributed by atoms with Gasteiger partial charge in [-0.25, -0.2) is 0 Å². The van der Waals surface area contributed by atoms with Crippen LogP contribution in [-0.4, -0.2) is 22.5 Å². The van der Waals surface area contributed by atoms with E-state index in [0.29, 0.717) is 11.1 Å². The molecule has 0 atom stereocenters. The predicted octanol–water partition coefficient (Wildman–Crippen LogP) is 3.94. The second-order valence-electron chi connectivity index (χ2n) is 5.18. The Balaban J connectivity index is 2.12. The summed E-state index contributed by atoms with van der Waals surface area (Å²) in [7, 11) is 0. The first-order chi connectivity index (χ1) is 10.8. The van der Waals surface area contributed by atoms with Crippen molar-refractivity contribution in [2.75, 3.05) is 0 Å². The lowest BCUT2D eigenvalue weighted by Gasteiger charge is -2.02. The Hall–Kier alpha value is -3.14. The van der Waals surface area contributed by atoms with E-state index < -0.39 is 0 Å². The Labute approximate surface area is 125 Å². The van der Waals surface area contributed by atoms with E-state index in [2.05, 4.69) is 9.97 Å². The highest BCUT2D eigenvalue weighted by Gasteiger charge is 2.15. The Kier molecular flexibility index (Phi) is 2.69. The minimum Gasteiger partial charge on any atom is -0.361 e. The molecule has 4 nitrogen and oxygen atoms in total. The highest BCUT2D eigenvalue weighted by Crippen LogP contribution is 2.36. The van der Waals surface area contributed by atoms with E-state index in [0.717, 1.165) is 45.5 Å². The van der Waals surface area contributed by atoms with Gasteiger partial charge in [-0.15, -0.1) is 0 Å². The summed E-state index contributed by atoms with van der Waals surface area (Å²) >= 11 is 0. The Bertz CT molecular complexity index is 940. The van der Waals surface area contributed by atoms with E-state index in [4.69, 9.17) is 0 Å². The Morgan fingerprint density at radius 2 is 1.14 bits per heavy atom. The number of nitrogens with one attached hydrogen (secondary N) is 2. The number of fused-ring (bicyclic) bond motifs is 2. The maximum absolute atomic E-state index is 11.3. The quantitative estimate of drug-likeness (QED) is 0.561. The highest BCUT2D eigenvalue weighted by molar-refractivity contribution is 6.13. The molecule has 0 aliphatic heterocycles. The van der Waals surface area contributed by atoms with Crippen molar-refractivity contribution in [2.45, 2.75) is 0 Å². The summed E-state index contributed by atoms with van der Waals surface area (Å²) in [6.45, 7) is 0. The van der Waals surface area contributed by atoms with Crippen LogP contribution in [0.2, 0.25) is 0 Å². The van der Waals surface area contributed by atoms with Gasteiger partial charge in [0.1, 0.15) is 0 Å². The standard InChI is InChI=1S/C18H12N2O2/c21-9-11-3-1-5-15-17(11)13(7-19-15)14-8-20-16-6-2-4-12(10-22)18(14)16/h1-10,19-20H. The number of aromatic nitrogens is 2. The molecule has 106 valence electrons. The molecule has 0 unspecified atom stereocenters. The Morgan fingerprint density at radius 3 is 1.55 bits per heavy atom. The summed E-state index contributed by atoms with van der Waals surface area (Å²) < 4.78 is 0. The van der Waals surface area contributed by atoms with Gasteiger partial charge in [-0.1, -0.05) is 24.3 Å². The van der Waals surface area contributed by atoms with Crippen LogP contribution in [0.5, 0.6) is 0 Å². The van der Waals surface area contributed by atoms with Gasteiger partial charge in [0, 0.05) is 56.5 Å². The molecule has 2 heterocycles. The summed E-state index contributed by atoms with van der Waals surface area (Å²) in [5.74, 6) is 0. The highest BCUT2D eigenvalue weighted by atomic mass is 16.1. The molecule has 4 rings (SSSR count). The van der Waals surface area contributed by atoms with Gasteiger partial charge in [0.15, 0.2) is 12.6 Å². The van der Waals surface area contributed by atoms with E-state index in [-0.39, 0.29) is 0 Å². The van der Waals surface area contributed by atoms with Gasteiger partial charge in [0.2, 0.25) is 0 Å². The van der Waals surface area contributed by atoms with E-state index in [1.54, 1.807) is 12.1 Å². The Morgan fingerprint density at radius 1 is 0.682 bits per heavy atom. The van der Waals surface area contributed by atoms with Gasteiger partial charge in [-0.3, -0.25) is 9.59 Å². The van der Waals surface area contributed by atoms with Gasteiger partial charge in [-0.2, -0.15) is 0 Å². The lowest BCUT2D eigenvalue weighted by atomic mass is 9.98. The molecule has 0 amide bonds. The van der Waals surface area contributed by atoms with Crippen LogP contribution in [0.15, 0.2) is 48.8 Å². The topological polar surface area (TPSA) is 65.7 Å². The fourth-order valence-corrected chi connectivity index (χ4v) is 3.05. The number of aromatic amines is 2. The van der Waals surface area contributed by atoms with Crippen molar-refractivity contribution >= 4 is 34.4 Å². The number of carbonyl (C=O) groups excluding carboxylic acids is 2. The lowest BCUT2D eigenvalue weighted by molar-refractivity contribution is 0.111. The third kappa shape index (κ3) is 1.64. The molecular weight excluding hydrogens is 276 g/mol. The molecule has 2 aromatic heterocycles. The molecule has 4 heteroatoms. The fourth-order valence-electron chi connectivity index (χ4n) is 3.05. The summed E-state index contributed by atoms with van der Waals surface area (Å²) in [5.41, 5.74) is 4.89. The molecule has 0 bridgehead atoms. The van der Waals surface area contributed by atoms with E-state index in [1.807, 2.05) is 36.7 Å². The van der Waals surface area contributed by atoms with Gasteiger partial charge in [0.25, 0.3) is 0 Å². The third-order valence-electron chi connectivity index (χ3n) is 4.02. The molecule has 4 aromatic rings. The van der Waals surface area contributed by atoms with Crippen LogP contribution in [0.3, 0.4) is 0 Å². The first-order valence-electron chi connectivity index (χ1n) is 6.94. The average Bonchev–Trinajstić information content (AvgIpc) is 3.17. The van der Waals surface area contributed by atoms with Crippen molar-refractivity contribution in [3.05, 3.63) is 59.9 Å². The van der Waals surface area contributed by atoms with E-state index in [1.165, 1.54) is 0 Å². The zero-order valence-electron chi connectivity index (χ0n) is 11.6. The number of hydrogen-bond donors (Lipinski definition) is 2. The monoisotopic (exact) mass is 288 g/mol. The molecule has 0 aliphatic rings. The minimum atomic E-state index is 0.631. The zero-order chi connectivity index (χ0) is 15.1. The number of benzene rings is 2. The molecule has 0 aliphatic carbocycles. The van der Waals surface area contributed by atoms with Crippen LogP contribution in [0.1, 0.15) is 20.7 Å². The number of aldehydes is 2. The summed E-state index contributed by atoms with van der Waals surface area (Å²) in [6, 6.07) is 11.1. The molecule has 0 fully saturated rings. The molecule has 2 N–H and O–H groups in total. The largest absolute Gasteiger partial charge is 0.361 e. The van der Waals surface area contributed by atoms with Gasteiger partial charge < -0.3 is 9.97 Å². The minimum absolute atomic E-state index is 0.631. The molecule has 22 heavy (non-hydrogen) atoms. The maximum Gasteiger partial charge on any atom is 0.150 e. The van der Waals surface area contributed by atoms with Crippen LogP contribution < -0.4 is 0 Å². The van der Waals surface area contributed by atoms with Crippen LogP contribution in [0, 0.1) is 0 Å². The van der Waals surface area contributed by atoms with Crippen molar-refractivity contribution < 1.29 is 9.59 Å². The number of hydrogen-bond acceptors (Lipinski definition) is 2. The molecule has 0 saturated carbocycles. The second-order valence-corrected chi connectivity index (χ2v) is 5.18. The maximum atomic E-state index is 11.3. The van der Waals surface area contributed by atoms with Crippen LogP contribution in [0.4, 0.5) is 0 Å². The van der Waals surface area contributed by atoms with Crippen LogP contribution in [0.25, 0.3) is 32.9 Å². The zero-order valence-corrected chi connectivity index (χ0v) is 11.6. The molecular formula is C18H12N2O2. The number of rotatable bonds is 3. The summed E-state index contributed by atoms with van der Waals surface area (Å²) in [5, 5.41) is 1.75. The van der Waals surface area contributed by atoms with Gasteiger partial charge in [-0.05, 0) is 12.1 Å². The second kappa shape index (κ2) is 4.70. The molecule has 0 radical (unpaired) electrons. The van der Waals surface area contributed by atoms with Gasteiger partial charge >= 0.3 is 0 Å². The lowest BCUT2D eigenvalue weighted by Crippen LogP contribution is -1.85. The van der Waals surface area contributed by atoms with Crippen LogP contribution in [-0.2, 0) is 0 Å². The fraction of sp³-hybridized carbons (Fsp3) is 0. The summed E-state index contributed by atoms with van der Waals surface area (Å²) in [4.78, 5) is 29.1. The van der Waals surface area contributed by atoms with Crippen molar-refractivity contribution in [1.82, 2.24) is 9.97 Å². The molecule has 2 aromatic carbocycles. The van der Waals surface area contributed by atoms with E-state index >= 15 is 0 Å². The van der Waals surface area contributed by atoms with Crippen molar-refractivity contribution in [2.24, 2.45) is 0 Å². The first-order valence-corrected chi connectivity index (χ1v) is 6.94. The van der Waals surface area contributed by atoms with Crippen molar-refractivity contribution in [1.29, 1.82) is 0 Å². The van der Waals surface area contributed by atoms with Crippen LogP contribution >= 0.6 is 0 Å². The van der Waals surface area contributed by atoms with Crippen molar-refractivity contribution in [3.63, 3.8) is 0 Å². The number of carbonyl (C=O) groups is 2. The third-order valence-corrected chi connectivity index (χ3v) is 4.02. The molecule has 0 saturated heterocycles. The smallest absolute Gasteiger partial charge is 0.150 e. The SMILES string of the molecule is O=Cc1cccc2[nH]cc(-c3c[nH]c4cccc(C=O)c34)c12. The average molecular weight is 288 g/mol. The predicted molar refractivity (Wildman–Crippen MR) is 86.4 cm³/mol. The normalized spacial score (nSPS) is 11.1. The van der Waals surface area contributed by atoms with Gasteiger partial charge in [0.05, 0.1) is 0 Å². The van der Waals surface area contributed by atoms with Crippen molar-refractivity contribution in [3.8, 4) is 11.1 Å².